The highest BCUT2D eigenvalue weighted by Crippen LogP contribution is 2.16. The minimum atomic E-state index is -0.0423. The van der Waals surface area contributed by atoms with Gasteiger partial charge < -0.3 is 0 Å². The van der Waals surface area contributed by atoms with Gasteiger partial charge in [-0.05, 0) is 13.8 Å². The summed E-state index contributed by atoms with van der Waals surface area (Å²) in [5.41, 5.74) is 4.47. The van der Waals surface area contributed by atoms with Crippen LogP contribution in [-0.2, 0) is 7.05 Å². The Balaban J connectivity index is 2.51. The van der Waals surface area contributed by atoms with Crippen LogP contribution in [-0.4, -0.2) is 20.5 Å². The third kappa shape index (κ3) is 1.59. The number of aryl methyl sites for hydroxylation is 2. The Labute approximate surface area is 91.6 Å². The van der Waals surface area contributed by atoms with Crippen molar-refractivity contribution in [3.63, 3.8) is 0 Å². The second-order valence-corrected chi connectivity index (χ2v) is 4.09. The molecule has 0 radical (unpaired) electrons. The van der Waals surface area contributed by atoms with Crippen molar-refractivity contribution in [1.29, 1.82) is 0 Å². The van der Waals surface area contributed by atoms with E-state index in [1.54, 1.807) is 15.6 Å². The molecule has 0 N–H and O–H groups in total. The summed E-state index contributed by atoms with van der Waals surface area (Å²) in [6.45, 7) is 3.73. The van der Waals surface area contributed by atoms with Gasteiger partial charge in [-0.2, -0.15) is 5.10 Å². The van der Waals surface area contributed by atoms with Gasteiger partial charge in [0.25, 0.3) is 0 Å². The molecule has 4 nitrogen and oxygen atoms in total. The molecular weight excluding hydrogens is 210 g/mol. The van der Waals surface area contributed by atoms with Gasteiger partial charge in [-0.3, -0.25) is 9.48 Å². The molecule has 2 heterocycles. The molecule has 0 spiro atoms. The second kappa shape index (κ2) is 3.58. The number of ketones is 1. The molecule has 0 atom stereocenters. The lowest BCUT2D eigenvalue weighted by Gasteiger charge is -1.97. The summed E-state index contributed by atoms with van der Waals surface area (Å²) in [5.74, 6) is -0.0423. The van der Waals surface area contributed by atoms with Crippen LogP contribution in [0.15, 0.2) is 10.9 Å². The van der Waals surface area contributed by atoms with Crippen LogP contribution in [0.3, 0.4) is 0 Å². The Hall–Kier alpha value is -1.49. The predicted molar refractivity (Wildman–Crippen MR) is 58.2 cm³/mol. The number of thiazole rings is 1. The first-order chi connectivity index (χ1) is 7.11. The van der Waals surface area contributed by atoms with Crippen molar-refractivity contribution >= 4 is 17.1 Å². The van der Waals surface area contributed by atoms with E-state index in [1.165, 1.54) is 11.3 Å². The van der Waals surface area contributed by atoms with Gasteiger partial charge in [0.2, 0.25) is 5.78 Å². The highest BCUT2D eigenvalue weighted by molar-refractivity contribution is 7.07. The van der Waals surface area contributed by atoms with Gasteiger partial charge >= 0.3 is 0 Å². The molecule has 78 valence electrons. The Bertz CT molecular complexity index is 499. The first-order valence-electron chi connectivity index (χ1n) is 4.54. The summed E-state index contributed by atoms with van der Waals surface area (Å²) >= 11 is 1.42. The van der Waals surface area contributed by atoms with Crippen LogP contribution in [0.1, 0.15) is 27.4 Å². The standard InChI is InChI=1S/C10H11N3OS/c1-6-9(7(2)13(3)12-6)10(14)8-4-15-5-11-8/h4-5H,1-3H3. The van der Waals surface area contributed by atoms with Gasteiger partial charge in [-0.1, -0.05) is 0 Å². The maximum atomic E-state index is 12.1. The van der Waals surface area contributed by atoms with Crippen molar-refractivity contribution in [2.45, 2.75) is 13.8 Å². The number of nitrogens with zero attached hydrogens (tertiary/aromatic N) is 3. The lowest BCUT2D eigenvalue weighted by Crippen LogP contribution is -2.04. The van der Waals surface area contributed by atoms with Crippen LogP contribution in [0.2, 0.25) is 0 Å². The number of hydrogen-bond acceptors (Lipinski definition) is 4. The molecule has 0 fully saturated rings. The summed E-state index contributed by atoms with van der Waals surface area (Å²) in [7, 11) is 1.83. The third-order valence-electron chi connectivity index (χ3n) is 2.40. The van der Waals surface area contributed by atoms with Gasteiger partial charge in [0.05, 0.1) is 16.8 Å². The highest BCUT2D eigenvalue weighted by atomic mass is 32.1. The van der Waals surface area contributed by atoms with Gasteiger partial charge in [0.15, 0.2) is 0 Å². The molecule has 15 heavy (non-hydrogen) atoms. The van der Waals surface area contributed by atoms with Crippen molar-refractivity contribution in [3.8, 4) is 0 Å². The van der Waals surface area contributed by atoms with Crippen molar-refractivity contribution in [3.05, 3.63) is 33.5 Å². The van der Waals surface area contributed by atoms with E-state index >= 15 is 0 Å². The second-order valence-electron chi connectivity index (χ2n) is 3.37. The molecule has 0 bridgehead atoms. The number of carbonyl (C=O) groups is 1. The van der Waals surface area contributed by atoms with Crippen LogP contribution in [0, 0.1) is 13.8 Å². The average molecular weight is 221 g/mol. The molecule has 5 heteroatoms. The predicted octanol–water partition coefficient (Wildman–Crippen LogP) is 1.72. The quantitative estimate of drug-likeness (QED) is 0.725. The van der Waals surface area contributed by atoms with Crippen LogP contribution < -0.4 is 0 Å². The number of aromatic nitrogens is 3. The zero-order valence-electron chi connectivity index (χ0n) is 8.81. The summed E-state index contributed by atoms with van der Waals surface area (Å²) in [5, 5.41) is 5.97. The fraction of sp³-hybridized carbons (Fsp3) is 0.300. The monoisotopic (exact) mass is 221 g/mol. The normalized spacial score (nSPS) is 10.6. The topological polar surface area (TPSA) is 47.8 Å². The smallest absolute Gasteiger partial charge is 0.215 e. The molecule has 2 rings (SSSR count). The van der Waals surface area contributed by atoms with Gasteiger partial charge in [-0.25, -0.2) is 4.98 Å². The van der Waals surface area contributed by atoms with Gasteiger partial charge in [0.1, 0.15) is 5.69 Å². The van der Waals surface area contributed by atoms with E-state index in [2.05, 4.69) is 10.1 Å². The van der Waals surface area contributed by atoms with Crippen LogP contribution in [0.5, 0.6) is 0 Å². The first-order valence-corrected chi connectivity index (χ1v) is 5.48. The van der Waals surface area contributed by atoms with Crippen LogP contribution >= 0.6 is 11.3 Å². The number of carbonyl (C=O) groups excluding carboxylic acids is 1. The van der Waals surface area contributed by atoms with Crippen LogP contribution in [0.25, 0.3) is 0 Å². The van der Waals surface area contributed by atoms with Crippen molar-refractivity contribution in [1.82, 2.24) is 14.8 Å². The van der Waals surface area contributed by atoms with Crippen molar-refractivity contribution in [2.24, 2.45) is 7.05 Å². The summed E-state index contributed by atoms with van der Waals surface area (Å²) in [6.07, 6.45) is 0. The van der Waals surface area contributed by atoms with Crippen molar-refractivity contribution < 1.29 is 4.79 Å². The molecule has 0 saturated carbocycles. The maximum absolute atomic E-state index is 12.1. The maximum Gasteiger partial charge on any atom is 0.215 e. The molecule has 2 aromatic rings. The highest BCUT2D eigenvalue weighted by Gasteiger charge is 2.19. The summed E-state index contributed by atoms with van der Waals surface area (Å²) in [4.78, 5) is 16.1. The Kier molecular flexibility index (Phi) is 2.40. The van der Waals surface area contributed by atoms with Crippen molar-refractivity contribution in [2.75, 3.05) is 0 Å². The minimum Gasteiger partial charge on any atom is -0.287 e. The Morgan fingerprint density at radius 1 is 1.47 bits per heavy atom. The molecule has 2 aromatic heterocycles. The fourth-order valence-electron chi connectivity index (χ4n) is 1.55. The molecule has 0 amide bonds. The summed E-state index contributed by atoms with van der Waals surface area (Å²) in [6, 6.07) is 0. The minimum absolute atomic E-state index is 0.0423. The van der Waals surface area contributed by atoms with E-state index in [1.807, 2.05) is 20.9 Å². The zero-order valence-corrected chi connectivity index (χ0v) is 9.63. The Morgan fingerprint density at radius 2 is 2.20 bits per heavy atom. The SMILES string of the molecule is Cc1nn(C)c(C)c1C(=O)c1cscn1. The largest absolute Gasteiger partial charge is 0.287 e. The Morgan fingerprint density at radius 3 is 2.67 bits per heavy atom. The van der Waals surface area contributed by atoms with Crippen LogP contribution in [0.4, 0.5) is 0 Å². The molecular formula is C10H11N3OS. The molecule has 0 aliphatic heterocycles. The fourth-order valence-corrected chi connectivity index (χ4v) is 2.09. The number of rotatable bonds is 2. The van der Waals surface area contributed by atoms with E-state index in [-0.39, 0.29) is 5.78 Å². The zero-order chi connectivity index (χ0) is 11.0. The van der Waals surface area contributed by atoms with E-state index in [0.717, 1.165) is 11.4 Å². The summed E-state index contributed by atoms with van der Waals surface area (Å²) < 4.78 is 1.72. The molecule has 0 unspecified atom stereocenters. The lowest BCUT2D eigenvalue weighted by molar-refractivity contribution is 0.103. The molecule has 0 aliphatic rings. The first kappa shape index (κ1) is 10.0. The van der Waals surface area contributed by atoms with E-state index in [4.69, 9.17) is 0 Å². The van der Waals surface area contributed by atoms with E-state index in [0.29, 0.717) is 11.3 Å². The number of hydrogen-bond donors (Lipinski definition) is 0. The van der Waals surface area contributed by atoms with Gasteiger partial charge in [-0.15, -0.1) is 11.3 Å². The van der Waals surface area contributed by atoms with E-state index in [9.17, 15) is 4.79 Å². The third-order valence-corrected chi connectivity index (χ3v) is 2.99. The lowest BCUT2D eigenvalue weighted by atomic mass is 10.1. The molecule has 0 saturated heterocycles. The van der Waals surface area contributed by atoms with E-state index < -0.39 is 0 Å². The van der Waals surface area contributed by atoms with Gasteiger partial charge in [0, 0.05) is 18.1 Å². The average Bonchev–Trinajstić information content (AvgIpc) is 2.76. The molecule has 0 aliphatic carbocycles. The molecule has 0 aromatic carbocycles.